The first-order valence-corrected chi connectivity index (χ1v) is 10.8. The Balaban J connectivity index is 1.46. The van der Waals surface area contributed by atoms with Gasteiger partial charge in [0.25, 0.3) is 0 Å². The molecule has 31 heavy (non-hydrogen) atoms. The van der Waals surface area contributed by atoms with Crippen molar-refractivity contribution >= 4 is 16.7 Å². The predicted octanol–water partition coefficient (Wildman–Crippen LogP) is 3.86. The first kappa shape index (κ1) is 18.4. The van der Waals surface area contributed by atoms with Crippen LogP contribution in [0.25, 0.3) is 22.2 Å². The lowest BCUT2D eigenvalue weighted by Gasteiger charge is -2.17. The van der Waals surface area contributed by atoms with Crippen LogP contribution in [0.15, 0.2) is 59.9 Å². The van der Waals surface area contributed by atoms with Crippen molar-refractivity contribution in [3.05, 3.63) is 82.9 Å². The van der Waals surface area contributed by atoms with Crippen molar-refractivity contribution in [1.82, 2.24) is 25.6 Å². The summed E-state index contributed by atoms with van der Waals surface area (Å²) in [6.45, 7) is 6.06. The molecule has 0 aliphatic carbocycles. The molecule has 0 bridgehead atoms. The Morgan fingerprint density at radius 2 is 1.97 bits per heavy atom. The molecule has 3 N–H and O–H groups in total. The van der Waals surface area contributed by atoms with Gasteiger partial charge in [-0.15, -0.1) is 0 Å². The van der Waals surface area contributed by atoms with Gasteiger partial charge in [0.05, 0.1) is 17.1 Å². The van der Waals surface area contributed by atoms with Crippen molar-refractivity contribution < 1.29 is 0 Å². The van der Waals surface area contributed by atoms with E-state index in [4.69, 9.17) is 9.98 Å². The summed E-state index contributed by atoms with van der Waals surface area (Å²) in [7, 11) is 0. The Bertz CT molecular complexity index is 1300. The highest BCUT2D eigenvalue weighted by molar-refractivity contribution is 6.14. The molecular weight excluding hydrogens is 384 g/mol. The largest absolute Gasteiger partial charge is 0.337 e. The fourth-order valence-electron chi connectivity index (χ4n) is 4.46. The van der Waals surface area contributed by atoms with Gasteiger partial charge in [0.1, 0.15) is 11.9 Å². The van der Waals surface area contributed by atoms with Gasteiger partial charge in [-0.1, -0.05) is 31.2 Å². The van der Waals surface area contributed by atoms with E-state index in [0.29, 0.717) is 6.04 Å². The van der Waals surface area contributed by atoms with Crippen LogP contribution in [-0.2, 0) is 6.54 Å². The number of hydrogen-bond acceptors (Lipinski definition) is 5. The molecular formula is C25H24N6. The van der Waals surface area contributed by atoms with Crippen LogP contribution in [0, 0.1) is 6.92 Å². The maximum Gasteiger partial charge on any atom is 0.157 e. The number of imidazole rings is 1. The molecule has 4 aromatic rings. The molecule has 6 heteroatoms. The van der Waals surface area contributed by atoms with E-state index in [2.05, 4.69) is 58.7 Å². The molecule has 1 saturated heterocycles. The molecule has 2 aromatic carbocycles. The monoisotopic (exact) mass is 408 g/mol. The number of aromatic nitrogens is 3. The normalized spacial score (nSPS) is 19.1. The number of nitrogens with one attached hydrogen (secondary N) is 3. The van der Waals surface area contributed by atoms with E-state index in [9.17, 15) is 0 Å². The van der Waals surface area contributed by atoms with E-state index in [1.807, 2.05) is 30.6 Å². The second kappa shape index (κ2) is 7.11. The average molecular weight is 409 g/mol. The molecule has 2 unspecified atom stereocenters. The van der Waals surface area contributed by atoms with Gasteiger partial charge in [-0.05, 0) is 53.9 Å². The minimum atomic E-state index is 0.147. The molecule has 154 valence electrons. The number of fused-ring (bicyclic) bond motifs is 4. The quantitative estimate of drug-likeness (QED) is 0.438. The molecule has 2 aliphatic heterocycles. The van der Waals surface area contributed by atoms with Crippen molar-refractivity contribution in [2.75, 3.05) is 6.54 Å². The van der Waals surface area contributed by atoms with E-state index >= 15 is 0 Å². The maximum absolute atomic E-state index is 4.96. The topological polar surface area (TPSA) is 87.9 Å². The van der Waals surface area contributed by atoms with Crippen molar-refractivity contribution in [3.63, 3.8) is 0 Å². The van der Waals surface area contributed by atoms with Crippen LogP contribution in [0.1, 0.15) is 41.0 Å². The van der Waals surface area contributed by atoms with E-state index in [0.717, 1.165) is 52.3 Å². The Labute approximate surface area is 180 Å². The highest BCUT2D eigenvalue weighted by Gasteiger charge is 2.43. The number of rotatable bonds is 5. The summed E-state index contributed by atoms with van der Waals surface area (Å²) in [5.41, 5.74) is 10.1. The number of nitrogens with zero attached hydrogens (tertiary/aromatic N) is 3. The Kier molecular flexibility index (Phi) is 4.23. The molecule has 2 aromatic heterocycles. The van der Waals surface area contributed by atoms with Crippen molar-refractivity contribution in [1.29, 1.82) is 0 Å². The van der Waals surface area contributed by atoms with E-state index in [1.165, 1.54) is 16.7 Å². The fraction of sp³-hybridized carbons (Fsp3) is 0.240. The smallest absolute Gasteiger partial charge is 0.157 e. The highest BCUT2D eigenvalue weighted by atomic mass is 15.3. The predicted molar refractivity (Wildman–Crippen MR) is 123 cm³/mol. The average Bonchev–Trinajstić information content (AvgIpc) is 3.46. The molecule has 0 saturated carbocycles. The van der Waals surface area contributed by atoms with Crippen LogP contribution in [-0.4, -0.2) is 33.4 Å². The van der Waals surface area contributed by atoms with Crippen molar-refractivity contribution in [3.8, 4) is 11.1 Å². The van der Waals surface area contributed by atoms with Gasteiger partial charge in [-0.25, -0.2) is 4.98 Å². The number of hydrogen-bond donors (Lipinski definition) is 3. The first-order chi connectivity index (χ1) is 15.2. The number of para-hydroxylation sites is 2. The van der Waals surface area contributed by atoms with Crippen LogP contribution in [0.5, 0.6) is 0 Å². The van der Waals surface area contributed by atoms with Crippen LogP contribution in [0.3, 0.4) is 0 Å². The van der Waals surface area contributed by atoms with Crippen molar-refractivity contribution in [2.45, 2.75) is 32.6 Å². The number of H-pyrrole nitrogens is 1. The van der Waals surface area contributed by atoms with Gasteiger partial charge in [-0.3, -0.25) is 15.3 Å². The summed E-state index contributed by atoms with van der Waals surface area (Å²) >= 11 is 0. The molecule has 1 fully saturated rings. The van der Waals surface area contributed by atoms with Gasteiger partial charge in [0.2, 0.25) is 0 Å². The van der Waals surface area contributed by atoms with Crippen LogP contribution in [0.2, 0.25) is 0 Å². The van der Waals surface area contributed by atoms with Gasteiger partial charge < -0.3 is 10.3 Å². The number of aliphatic imine (C=N–C) groups is 1. The Morgan fingerprint density at radius 3 is 2.84 bits per heavy atom. The molecule has 6 rings (SSSR count). The zero-order valence-corrected chi connectivity index (χ0v) is 17.6. The fourth-order valence-corrected chi connectivity index (χ4v) is 4.46. The molecule has 0 radical (unpaired) electrons. The molecule has 4 heterocycles. The van der Waals surface area contributed by atoms with Crippen LogP contribution in [0.4, 0.5) is 0 Å². The molecule has 2 atom stereocenters. The number of pyridine rings is 1. The molecule has 0 amide bonds. The van der Waals surface area contributed by atoms with E-state index < -0.39 is 0 Å². The van der Waals surface area contributed by atoms with Crippen LogP contribution < -0.4 is 10.6 Å². The Hall–Kier alpha value is -3.35. The summed E-state index contributed by atoms with van der Waals surface area (Å²) in [5.74, 6) is 0.822. The van der Waals surface area contributed by atoms with Gasteiger partial charge in [-0.2, -0.15) is 0 Å². The third kappa shape index (κ3) is 3.07. The number of aromatic amines is 1. The van der Waals surface area contributed by atoms with Gasteiger partial charge in [0.15, 0.2) is 5.82 Å². The van der Waals surface area contributed by atoms with Gasteiger partial charge in [0, 0.05) is 30.1 Å². The SMILES string of the molecule is CCNCc1cncc(-c2ccc3c(c2)C(c2nc4ccccc4[nH]2)=NC2NC32)c1C. The second-order valence-corrected chi connectivity index (χ2v) is 8.22. The highest BCUT2D eigenvalue weighted by Crippen LogP contribution is 2.40. The lowest BCUT2D eigenvalue weighted by molar-refractivity contribution is 0.721. The Morgan fingerprint density at radius 1 is 1.06 bits per heavy atom. The number of benzene rings is 2. The third-order valence-electron chi connectivity index (χ3n) is 6.28. The van der Waals surface area contributed by atoms with Gasteiger partial charge >= 0.3 is 0 Å². The zero-order valence-electron chi connectivity index (χ0n) is 17.6. The molecule has 2 aliphatic rings. The maximum atomic E-state index is 4.96. The third-order valence-corrected chi connectivity index (χ3v) is 6.28. The second-order valence-electron chi connectivity index (χ2n) is 8.22. The standard InChI is InChI=1S/C25H24N6/c1-3-26-11-16-12-27-13-19(14(16)2)15-8-9-17-18(10-15)23(31-25-22(17)30-25)24-28-20-6-4-5-7-21(20)29-24/h4-10,12-13,22,25-26,30H,3,11H2,1-2H3,(H,28,29). The summed E-state index contributed by atoms with van der Waals surface area (Å²) in [6.07, 6.45) is 4.07. The molecule has 6 nitrogen and oxygen atoms in total. The molecule has 0 spiro atoms. The lowest BCUT2D eigenvalue weighted by Crippen LogP contribution is -2.15. The van der Waals surface area contributed by atoms with E-state index in [-0.39, 0.29) is 6.17 Å². The van der Waals surface area contributed by atoms with Crippen molar-refractivity contribution in [2.24, 2.45) is 4.99 Å². The summed E-state index contributed by atoms with van der Waals surface area (Å²) in [6, 6.07) is 15.1. The first-order valence-electron chi connectivity index (χ1n) is 10.8. The van der Waals surface area contributed by atoms with E-state index in [1.54, 1.807) is 0 Å². The summed E-state index contributed by atoms with van der Waals surface area (Å²) in [4.78, 5) is 17.8. The summed E-state index contributed by atoms with van der Waals surface area (Å²) in [5, 5.41) is 6.88. The van der Waals surface area contributed by atoms with Crippen LogP contribution >= 0.6 is 0 Å². The summed E-state index contributed by atoms with van der Waals surface area (Å²) < 4.78 is 0. The lowest BCUT2D eigenvalue weighted by atomic mass is 9.91. The zero-order chi connectivity index (χ0) is 20.9. The minimum absolute atomic E-state index is 0.147. The minimum Gasteiger partial charge on any atom is -0.337 e.